The molecule has 8 nitrogen and oxygen atoms in total. The third-order valence-corrected chi connectivity index (χ3v) is 5.42. The van der Waals surface area contributed by atoms with Crippen molar-refractivity contribution >= 4 is 28.4 Å². The van der Waals surface area contributed by atoms with Crippen molar-refractivity contribution in [2.75, 3.05) is 21.3 Å². The molecule has 0 aliphatic rings. The molecule has 0 fully saturated rings. The van der Waals surface area contributed by atoms with Crippen molar-refractivity contribution in [3.63, 3.8) is 0 Å². The number of imidazole rings is 1. The maximum absolute atomic E-state index is 12.5. The molecule has 0 radical (unpaired) electrons. The van der Waals surface area contributed by atoms with Crippen LogP contribution in [0.4, 0.5) is 0 Å². The molecule has 0 atom stereocenters. The van der Waals surface area contributed by atoms with Gasteiger partial charge in [-0.1, -0.05) is 0 Å². The van der Waals surface area contributed by atoms with Gasteiger partial charge >= 0.3 is 0 Å². The molecule has 2 aromatic carbocycles. The Morgan fingerprint density at radius 2 is 1.84 bits per heavy atom. The van der Waals surface area contributed by atoms with Crippen LogP contribution in [0.1, 0.15) is 16.1 Å². The Morgan fingerprint density at radius 1 is 1.06 bits per heavy atom. The van der Waals surface area contributed by atoms with Crippen LogP contribution >= 0.6 is 11.3 Å². The van der Waals surface area contributed by atoms with Crippen molar-refractivity contribution < 1.29 is 19.0 Å². The van der Waals surface area contributed by atoms with Gasteiger partial charge in [-0.15, -0.1) is 11.3 Å². The average Bonchev–Trinajstić information content (AvgIpc) is 3.41. The Balaban J connectivity index is 1.59. The summed E-state index contributed by atoms with van der Waals surface area (Å²) >= 11 is 1.52. The van der Waals surface area contributed by atoms with Crippen molar-refractivity contribution in [1.82, 2.24) is 14.8 Å². The van der Waals surface area contributed by atoms with E-state index in [4.69, 9.17) is 19.2 Å². The Morgan fingerprint density at radius 3 is 2.55 bits per heavy atom. The number of carbonyl (C=O) groups is 1. The van der Waals surface area contributed by atoms with Gasteiger partial charge in [-0.05, 0) is 42.5 Å². The molecular weight excluding hydrogens is 416 g/mol. The van der Waals surface area contributed by atoms with Gasteiger partial charge in [0.1, 0.15) is 5.75 Å². The van der Waals surface area contributed by atoms with E-state index in [-0.39, 0.29) is 5.91 Å². The van der Waals surface area contributed by atoms with E-state index in [0.717, 1.165) is 27.7 Å². The van der Waals surface area contributed by atoms with Gasteiger partial charge < -0.3 is 14.2 Å². The molecule has 0 bridgehead atoms. The van der Waals surface area contributed by atoms with Crippen LogP contribution in [0.5, 0.6) is 17.2 Å². The topological polar surface area (TPSA) is 86.5 Å². The highest BCUT2D eigenvalue weighted by Gasteiger charge is 2.14. The Kier molecular flexibility index (Phi) is 5.85. The minimum absolute atomic E-state index is 0.366. The fourth-order valence-corrected chi connectivity index (χ4v) is 3.80. The number of nitrogens with zero attached hydrogens (tertiary/aromatic N) is 3. The van der Waals surface area contributed by atoms with Gasteiger partial charge in [-0.2, -0.15) is 5.10 Å². The zero-order chi connectivity index (χ0) is 21.8. The highest BCUT2D eigenvalue weighted by molar-refractivity contribution is 7.15. The van der Waals surface area contributed by atoms with Crippen LogP contribution in [-0.2, 0) is 0 Å². The summed E-state index contributed by atoms with van der Waals surface area (Å²) in [4.78, 5) is 18.1. The highest BCUT2D eigenvalue weighted by Crippen LogP contribution is 2.28. The number of ether oxygens (including phenoxy) is 3. The lowest BCUT2D eigenvalue weighted by molar-refractivity contribution is 0.0954. The van der Waals surface area contributed by atoms with Crippen LogP contribution in [0.15, 0.2) is 59.1 Å². The maximum atomic E-state index is 12.5. The number of nitrogens with one attached hydrogen (secondary N) is 1. The molecule has 0 unspecified atom stereocenters. The number of hydrogen-bond acceptors (Lipinski definition) is 7. The number of rotatable bonds is 7. The summed E-state index contributed by atoms with van der Waals surface area (Å²) in [5, 5.41) is 6.10. The lowest BCUT2D eigenvalue weighted by atomic mass is 10.1. The molecule has 158 valence electrons. The minimum Gasteiger partial charge on any atom is -0.497 e. The summed E-state index contributed by atoms with van der Waals surface area (Å²) in [6.07, 6.45) is 3.50. The van der Waals surface area contributed by atoms with Crippen molar-refractivity contribution in [1.29, 1.82) is 0 Å². The van der Waals surface area contributed by atoms with Crippen LogP contribution < -0.4 is 19.6 Å². The van der Waals surface area contributed by atoms with Crippen LogP contribution in [-0.4, -0.2) is 42.8 Å². The number of amides is 1. The third kappa shape index (κ3) is 4.08. The summed E-state index contributed by atoms with van der Waals surface area (Å²) in [6.45, 7) is 0. The SMILES string of the molecule is COc1ccc(-c2nc3sccn3c2/C=N/NC(=O)c2ccc(OC)c(OC)c2)cc1. The first-order valence-corrected chi connectivity index (χ1v) is 10.2. The van der Waals surface area contributed by atoms with Crippen LogP contribution in [0.2, 0.25) is 0 Å². The first-order valence-electron chi connectivity index (χ1n) is 9.30. The molecule has 4 rings (SSSR count). The third-order valence-electron chi connectivity index (χ3n) is 4.66. The number of thiazole rings is 1. The van der Waals surface area contributed by atoms with E-state index >= 15 is 0 Å². The monoisotopic (exact) mass is 436 g/mol. The minimum atomic E-state index is -0.366. The van der Waals surface area contributed by atoms with Gasteiger partial charge in [-0.3, -0.25) is 9.20 Å². The zero-order valence-electron chi connectivity index (χ0n) is 17.2. The van der Waals surface area contributed by atoms with Crippen LogP contribution in [0.3, 0.4) is 0 Å². The van der Waals surface area contributed by atoms with E-state index < -0.39 is 0 Å². The second-order valence-electron chi connectivity index (χ2n) is 6.40. The van der Waals surface area contributed by atoms with E-state index in [9.17, 15) is 4.79 Å². The van der Waals surface area contributed by atoms with E-state index in [1.165, 1.54) is 18.4 Å². The Bertz CT molecular complexity index is 1240. The van der Waals surface area contributed by atoms with Crippen molar-refractivity contribution in [2.24, 2.45) is 5.10 Å². The summed E-state index contributed by atoms with van der Waals surface area (Å²) in [7, 11) is 4.68. The molecule has 4 aromatic rings. The van der Waals surface area contributed by atoms with Gasteiger partial charge in [0, 0.05) is 22.7 Å². The molecule has 0 aliphatic carbocycles. The zero-order valence-corrected chi connectivity index (χ0v) is 18.0. The number of methoxy groups -OCH3 is 3. The van der Waals surface area contributed by atoms with E-state index in [2.05, 4.69) is 10.5 Å². The number of hydrazone groups is 1. The summed E-state index contributed by atoms with van der Waals surface area (Å²) in [5.41, 5.74) is 5.40. The number of fused-ring (bicyclic) bond motifs is 1. The fourth-order valence-electron chi connectivity index (χ4n) is 3.08. The number of carbonyl (C=O) groups excluding carboxylic acids is 1. The largest absolute Gasteiger partial charge is 0.497 e. The molecular formula is C22H20N4O4S. The lowest BCUT2D eigenvalue weighted by Gasteiger charge is -2.08. The molecule has 9 heteroatoms. The van der Waals surface area contributed by atoms with Gasteiger partial charge in [0.2, 0.25) is 0 Å². The molecule has 1 N–H and O–H groups in total. The second kappa shape index (κ2) is 8.88. The highest BCUT2D eigenvalue weighted by atomic mass is 32.1. The predicted octanol–water partition coefficient (Wildman–Crippen LogP) is 3.85. The van der Waals surface area contributed by atoms with Gasteiger partial charge in [-0.25, -0.2) is 10.4 Å². The summed E-state index contributed by atoms with van der Waals surface area (Å²) < 4.78 is 17.6. The van der Waals surface area contributed by atoms with Gasteiger partial charge in [0.05, 0.1) is 38.9 Å². The second-order valence-corrected chi connectivity index (χ2v) is 7.27. The number of hydrogen-bond donors (Lipinski definition) is 1. The normalized spacial score (nSPS) is 11.1. The summed E-state index contributed by atoms with van der Waals surface area (Å²) in [6, 6.07) is 12.5. The van der Waals surface area contributed by atoms with E-state index in [1.54, 1.807) is 38.6 Å². The first kappa shape index (κ1) is 20.4. The molecule has 1 amide bonds. The summed E-state index contributed by atoms with van der Waals surface area (Å²) in [5.74, 6) is 1.42. The maximum Gasteiger partial charge on any atom is 0.271 e. The number of benzene rings is 2. The van der Waals surface area contributed by atoms with Gasteiger partial charge in [0.25, 0.3) is 5.91 Å². The van der Waals surface area contributed by atoms with Crippen molar-refractivity contribution in [3.05, 3.63) is 65.3 Å². The van der Waals surface area contributed by atoms with Gasteiger partial charge in [0.15, 0.2) is 16.5 Å². The lowest BCUT2D eigenvalue weighted by Crippen LogP contribution is -2.17. The van der Waals surface area contributed by atoms with Crippen LogP contribution in [0, 0.1) is 0 Å². The molecule has 0 spiro atoms. The molecule has 31 heavy (non-hydrogen) atoms. The average molecular weight is 436 g/mol. The standard InChI is InChI=1S/C22H20N4O4S/c1-28-16-7-4-14(5-8-16)20-17(26-10-11-31-22(26)24-20)13-23-25-21(27)15-6-9-18(29-2)19(12-15)30-3/h4-13H,1-3H3,(H,25,27)/b23-13+. The van der Waals surface area contributed by atoms with E-state index in [0.29, 0.717) is 17.1 Å². The number of aromatic nitrogens is 2. The van der Waals surface area contributed by atoms with Crippen molar-refractivity contribution in [2.45, 2.75) is 0 Å². The smallest absolute Gasteiger partial charge is 0.271 e. The predicted molar refractivity (Wildman–Crippen MR) is 120 cm³/mol. The molecule has 0 aliphatic heterocycles. The molecule has 2 heterocycles. The molecule has 0 saturated heterocycles. The fraction of sp³-hybridized carbons (Fsp3) is 0.136. The van der Waals surface area contributed by atoms with Crippen molar-refractivity contribution in [3.8, 4) is 28.5 Å². The molecule has 2 aromatic heterocycles. The Hall–Kier alpha value is -3.85. The quantitative estimate of drug-likeness (QED) is 0.351. The van der Waals surface area contributed by atoms with Crippen LogP contribution in [0.25, 0.3) is 16.2 Å². The molecule has 0 saturated carbocycles. The first-order chi connectivity index (χ1) is 15.1. The van der Waals surface area contributed by atoms with E-state index in [1.807, 2.05) is 40.2 Å². The Labute approximate surface area is 182 Å².